The van der Waals surface area contributed by atoms with E-state index in [1.165, 1.54) is 0 Å². The number of rotatable bonds is 3. The molecule has 0 saturated heterocycles. The van der Waals surface area contributed by atoms with Crippen molar-refractivity contribution in [3.8, 4) is 0 Å². The molecule has 4 heteroatoms. The van der Waals surface area contributed by atoms with Crippen LogP contribution in [0.15, 0.2) is 54.6 Å². The van der Waals surface area contributed by atoms with Crippen LogP contribution in [0.5, 0.6) is 0 Å². The quantitative estimate of drug-likeness (QED) is 0.912. The topological polar surface area (TPSA) is 80.4 Å². The number of carbonyl (C=O) groups is 2. The largest absolute Gasteiger partial charge is 0.481 e. The maximum Gasteiger partial charge on any atom is 0.310 e. The minimum absolute atomic E-state index is 0.393. The molecule has 1 unspecified atom stereocenters. The van der Waals surface area contributed by atoms with E-state index in [1.54, 1.807) is 12.1 Å². The van der Waals surface area contributed by atoms with Gasteiger partial charge in [0.25, 0.3) is 0 Å². The van der Waals surface area contributed by atoms with Gasteiger partial charge in [-0.3, -0.25) is 9.59 Å². The van der Waals surface area contributed by atoms with Gasteiger partial charge < -0.3 is 10.8 Å². The number of hydrogen-bond acceptors (Lipinski definition) is 2. The van der Waals surface area contributed by atoms with Gasteiger partial charge in [-0.1, -0.05) is 54.6 Å². The van der Waals surface area contributed by atoms with Gasteiger partial charge in [0.05, 0.1) is 11.3 Å². The lowest BCUT2D eigenvalue weighted by Crippen LogP contribution is -2.46. The average molecular weight is 295 g/mol. The smallest absolute Gasteiger partial charge is 0.310 e. The molecular weight excluding hydrogens is 278 g/mol. The van der Waals surface area contributed by atoms with Crippen LogP contribution < -0.4 is 5.73 Å². The summed E-state index contributed by atoms with van der Waals surface area (Å²) >= 11 is 0. The molecule has 22 heavy (non-hydrogen) atoms. The molecule has 0 spiro atoms. The van der Waals surface area contributed by atoms with Gasteiger partial charge in [0.1, 0.15) is 0 Å². The molecule has 0 aliphatic heterocycles. The first-order valence-corrected chi connectivity index (χ1v) is 7.25. The minimum atomic E-state index is -0.955. The van der Waals surface area contributed by atoms with Crippen molar-refractivity contribution in [1.29, 1.82) is 0 Å². The fraction of sp³-hybridized carbons (Fsp3) is 0.222. The Hall–Kier alpha value is -2.62. The molecule has 4 nitrogen and oxygen atoms in total. The molecule has 1 amide bonds. The lowest BCUT2D eigenvalue weighted by atomic mass is 9.63. The maximum absolute atomic E-state index is 12.4. The first-order chi connectivity index (χ1) is 10.6. The molecule has 0 aromatic heterocycles. The van der Waals surface area contributed by atoms with Crippen LogP contribution in [0.1, 0.15) is 35.4 Å². The number of primary amides is 1. The van der Waals surface area contributed by atoms with Gasteiger partial charge in [-0.25, -0.2) is 0 Å². The van der Waals surface area contributed by atoms with Crippen LogP contribution in [-0.4, -0.2) is 17.0 Å². The Kier molecular flexibility index (Phi) is 3.45. The third-order valence-electron chi connectivity index (χ3n) is 4.59. The van der Waals surface area contributed by atoms with Crippen molar-refractivity contribution < 1.29 is 14.7 Å². The highest BCUT2D eigenvalue weighted by molar-refractivity contribution is 5.93. The Morgan fingerprint density at radius 2 is 1.68 bits per heavy atom. The van der Waals surface area contributed by atoms with Crippen molar-refractivity contribution in [3.63, 3.8) is 0 Å². The van der Waals surface area contributed by atoms with E-state index in [4.69, 9.17) is 5.73 Å². The van der Waals surface area contributed by atoms with E-state index < -0.39 is 23.2 Å². The van der Waals surface area contributed by atoms with Crippen molar-refractivity contribution >= 4 is 11.9 Å². The van der Waals surface area contributed by atoms with Crippen LogP contribution in [0, 0.1) is 0 Å². The Bertz CT molecular complexity index is 726. The first-order valence-electron chi connectivity index (χ1n) is 7.25. The molecule has 3 N–H and O–H groups in total. The summed E-state index contributed by atoms with van der Waals surface area (Å²) in [5.41, 5.74) is 7.05. The molecule has 0 bridgehead atoms. The van der Waals surface area contributed by atoms with Crippen molar-refractivity contribution in [2.75, 3.05) is 0 Å². The number of benzene rings is 2. The van der Waals surface area contributed by atoms with Crippen molar-refractivity contribution in [1.82, 2.24) is 0 Å². The average Bonchev–Trinajstić information content (AvgIpc) is 2.54. The lowest BCUT2D eigenvalue weighted by Gasteiger charge is -2.39. The molecule has 0 heterocycles. The summed E-state index contributed by atoms with van der Waals surface area (Å²) < 4.78 is 0. The second-order valence-electron chi connectivity index (χ2n) is 5.65. The Balaban J connectivity index is 2.27. The zero-order valence-electron chi connectivity index (χ0n) is 12.0. The molecular formula is C18H17NO3. The van der Waals surface area contributed by atoms with Gasteiger partial charge in [0, 0.05) is 0 Å². The van der Waals surface area contributed by atoms with Crippen LogP contribution in [0.2, 0.25) is 0 Å². The fourth-order valence-electron chi connectivity index (χ4n) is 3.52. The Labute approximate surface area is 128 Å². The summed E-state index contributed by atoms with van der Waals surface area (Å²) in [5, 5.41) is 9.45. The molecule has 3 rings (SSSR count). The van der Waals surface area contributed by atoms with Crippen LogP contribution in [0.3, 0.4) is 0 Å². The zero-order valence-corrected chi connectivity index (χ0v) is 12.0. The highest BCUT2D eigenvalue weighted by Gasteiger charge is 2.47. The standard InChI is InChI=1S/C18H17NO3/c19-17(22)18(12-6-2-1-3-7-12)11-10-14(16(20)21)13-8-4-5-9-15(13)18/h1-9,14H,10-11H2,(H2,19,22)(H,20,21)/t14-,18?/m0/s1. The minimum Gasteiger partial charge on any atom is -0.481 e. The normalized spacial score (nSPS) is 23.5. The number of hydrogen-bond donors (Lipinski definition) is 2. The van der Waals surface area contributed by atoms with Gasteiger partial charge >= 0.3 is 5.97 Å². The molecule has 2 aromatic rings. The van der Waals surface area contributed by atoms with Crippen molar-refractivity contribution in [3.05, 3.63) is 71.3 Å². The van der Waals surface area contributed by atoms with Crippen LogP contribution in [0.4, 0.5) is 0 Å². The summed E-state index contributed by atoms with van der Waals surface area (Å²) in [5.74, 6) is -1.89. The van der Waals surface area contributed by atoms with Crippen LogP contribution in [-0.2, 0) is 15.0 Å². The first kappa shape index (κ1) is 14.3. The molecule has 0 fully saturated rings. The molecule has 2 aromatic carbocycles. The van der Waals surface area contributed by atoms with Gasteiger partial charge in [0.2, 0.25) is 5.91 Å². The summed E-state index contributed by atoms with van der Waals surface area (Å²) in [6.45, 7) is 0. The zero-order chi connectivity index (χ0) is 15.7. The molecule has 112 valence electrons. The van der Waals surface area contributed by atoms with Crippen molar-refractivity contribution in [2.24, 2.45) is 5.73 Å². The number of carboxylic acid groups (broad SMARTS) is 1. The summed E-state index contributed by atoms with van der Waals surface area (Å²) in [6.07, 6.45) is 0.796. The Morgan fingerprint density at radius 1 is 1.05 bits per heavy atom. The third kappa shape index (κ3) is 1.99. The highest BCUT2D eigenvalue weighted by Crippen LogP contribution is 2.46. The predicted octanol–water partition coefficient (Wildman–Crippen LogP) is 2.42. The maximum atomic E-state index is 12.4. The summed E-state index contributed by atoms with van der Waals surface area (Å²) in [6, 6.07) is 16.6. The van der Waals surface area contributed by atoms with Crippen LogP contribution >= 0.6 is 0 Å². The van der Waals surface area contributed by atoms with E-state index in [2.05, 4.69) is 0 Å². The number of aliphatic carboxylic acids is 1. The second kappa shape index (κ2) is 5.30. The highest BCUT2D eigenvalue weighted by atomic mass is 16.4. The van der Waals surface area contributed by atoms with E-state index in [9.17, 15) is 14.7 Å². The SMILES string of the molecule is NC(=O)C1(c2ccccc2)CC[C@H](C(=O)O)c2ccccc21. The third-order valence-corrected chi connectivity index (χ3v) is 4.59. The molecule has 2 atom stereocenters. The van der Waals surface area contributed by atoms with E-state index in [0.29, 0.717) is 24.0 Å². The van der Waals surface area contributed by atoms with Crippen molar-refractivity contribution in [2.45, 2.75) is 24.2 Å². The van der Waals surface area contributed by atoms with Gasteiger partial charge in [-0.05, 0) is 29.5 Å². The van der Waals surface area contributed by atoms with Crippen LogP contribution in [0.25, 0.3) is 0 Å². The lowest BCUT2D eigenvalue weighted by molar-refractivity contribution is -0.139. The Morgan fingerprint density at radius 3 is 2.32 bits per heavy atom. The summed E-state index contributed by atoms with van der Waals surface area (Å²) in [7, 11) is 0. The van der Waals surface area contributed by atoms with Gasteiger partial charge in [0.15, 0.2) is 0 Å². The number of carbonyl (C=O) groups excluding carboxylic acids is 1. The summed E-state index contributed by atoms with van der Waals surface area (Å²) in [4.78, 5) is 23.9. The molecule has 1 aliphatic carbocycles. The molecule has 0 radical (unpaired) electrons. The number of fused-ring (bicyclic) bond motifs is 1. The molecule has 0 saturated carbocycles. The second-order valence-corrected chi connectivity index (χ2v) is 5.65. The van der Waals surface area contributed by atoms with E-state index >= 15 is 0 Å². The van der Waals surface area contributed by atoms with Gasteiger partial charge in [-0.15, -0.1) is 0 Å². The fourth-order valence-corrected chi connectivity index (χ4v) is 3.52. The monoisotopic (exact) mass is 295 g/mol. The number of nitrogens with two attached hydrogens (primary N) is 1. The number of carboxylic acids is 1. The predicted molar refractivity (Wildman–Crippen MR) is 82.5 cm³/mol. The van der Waals surface area contributed by atoms with E-state index in [-0.39, 0.29) is 0 Å². The molecule has 1 aliphatic rings. The number of amides is 1. The van der Waals surface area contributed by atoms with Gasteiger partial charge in [-0.2, -0.15) is 0 Å². The van der Waals surface area contributed by atoms with E-state index in [1.807, 2.05) is 42.5 Å². The van der Waals surface area contributed by atoms with E-state index in [0.717, 1.165) is 5.56 Å².